The summed E-state index contributed by atoms with van der Waals surface area (Å²) in [5, 5.41) is 2.96. The Morgan fingerprint density at radius 2 is 1.09 bits per heavy atom. The lowest BCUT2D eigenvalue weighted by atomic mass is 9.95. The molecule has 0 saturated carbocycles. The molecule has 11 rings (SSSR count). The molecule has 0 aliphatic heterocycles. The van der Waals surface area contributed by atoms with Gasteiger partial charge < -0.3 is 8.98 Å². The van der Waals surface area contributed by atoms with E-state index >= 15 is 0 Å². The van der Waals surface area contributed by atoms with E-state index in [2.05, 4.69) is 34.9 Å². The van der Waals surface area contributed by atoms with E-state index < -0.39 is 60.4 Å². The van der Waals surface area contributed by atoms with Crippen LogP contribution in [0.3, 0.4) is 0 Å². The molecule has 0 amide bonds. The molecule has 0 radical (unpaired) electrons. The van der Waals surface area contributed by atoms with Crippen molar-refractivity contribution in [2.24, 2.45) is 0 Å². The summed E-state index contributed by atoms with van der Waals surface area (Å²) in [6.45, 7) is 0. The molecule has 0 unspecified atom stereocenters. The lowest BCUT2D eigenvalue weighted by molar-refractivity contribution is 0.670. The largest absolute Gasteiger partial charge is 0.455 e. The van der Waals surface area contributed by atoms with E-state index in [0.717, 1.165) is 38.6 Å². The Morgan fingerprint density at radius 3 is 1.88 bits per heavy atom. The molecule has 3 aromatic heterocycles. The average Bonchev–Trinajstić information content (AvgIpc) is 3.90. The fourth-order valence-corrected chi connectivity index (χ4v) is 7.53. The maximum absolute atomic E-state index is 8.91. The number of aromatic nitrogens is 4. The second-order valence-corrected chi connectivity index (χ2v) is 13.3. The monoisotopic (exact) mass is 726 g/mol. The van der Waals surface area contributed by atoms with Gasteiger partial charge in [-0.05, 0) is 65.2 Å². The standard InChI is InChI=1S/C51H32N4O/c1-5-16-33(17-6-1)37-30-42(34-18-7-2-8-19-34)48-43(31-37)39-29-28-36(32-46(39)56-48)50-52-49(35-20-9-3-10-21-35)53-51(54-50)41-25-15-27-45-47(41)40-24-13-14-26-44(40)55(45)38-22-11-4-12-23-38/h1-32H/i1D,2D,5D,6D,7D,8D,16D,17D,18D,19D. The number of rotatable bonds is 6. The third-order valence-electron chi connectivity index (χ3n) is 10.0. The topological polar surface area (TPSA) is 56.7 Å². The molecular weight excluding hydrogens is 685 g/mol. The molecule has 11 aromatic rings. The molecule has 0 aliphatic carbocycles. The van der Waals surface area contributed by atoms with Gasteiger partial charge in [0.15, 0.2) is 17.5 Å². The Bertz CT molecular complexity index is 3780. The molecule has 0 N–H and O–H groups in total. The molecule has 0 aliphatic rings. The summed E-state index contributed by atoms with van der Waals surface area (Å²) in [7, 11) is 0. The third kappa shape index (κ3) is 5.29. The zero-order valence-corrected chi connectivity index (χ0v) is 29.4. The fourth-order valence-electron chi connectivity index (χ4n) is 7.53. The van der Waals surface area contributed by atoms with Crippen LogP contribution in [-0.4, -0.2) is 19.5 Å². The molecular formula is C51H32N4O. The minimum Gasteiger partial charge on any atom is -0.455 e. The van der Waals surface area contributed by atoms with Crippen molar-refractivity contribution in [2.75, 3.05) is 0 Å². The van der Waals surface area contributed by atoms with Crippen LogP contribution in [0.5, 0.6) is 0 Å². The van der Waals surface area contributed by atoms with E-state index in [-0.39, 0.29) is 27.8 Å². The predicted molar refractivity (Wildman–Crippen MR) is 229 cm³/mol. The van der Waals surface area contributed by atoms with Crippen molar-refractivity contribution < 1.29 is 18.1 Å². The van der Waals surface area contributed by atoms with Crippen molar-refractivity contribution in [2.45, 2.75) is 0 Å². The van der Waals surface area contributed by atoms with Gasteiger partial charge in [0.1, 0.15) is 11.2 Å². The van der Waals surface area contributed by atoms with Crippen molar-refractivity contribution >= 4 is 43.7 Å². The van der Waals surface area contributed by atoms with Crippen molar-refractivity contribution in [1.82, 2.24) is 19.5 Å². The molecule has 262 valence electrons. The summed E-state index contributed by atoms with van der Waals surface area (Å²) >= 11 is 0. The highest BCUT2D eigenvalue weighted by Gasteiger charge is 2.21. The van der Waals surface area contributed by atoms with Crippen LogP contribution in [0.25, 0.3) is 106 Å². The summed E-state index contributed by atoms with van der Waals surface area (Å²) in [6, 6.07) is 37.3. The Labute approximate surface area is 336 Å². The molecule has 3 heterocycles. The van der Waals surface area contributed by atoms with Gasteiger partial charge in [-0.1, -0.05) is 145 Å². The van der Waals surface area contributed by atoms with Gasteiger partial charge >= 0.3 is 0 Å². The highest BCUT2D eigenvalue weighted by atomic mass is 16.3. The van der Waals surface area contributed by atoms with Crippen molar-refractivity contribution in [3.63, 3.8) is 0 Å². The summed E-state index contributed by atoms with van der Waals surface area (Å²) in [5.74, 6) is 1.23. The van der Waals surface area contributed by atoms with Gasteiger partial charge in [0.05, 0.1) is 24.7 Å². The number of nitrogens with zero attached hydrogens (tertiary/aromatic N) is 4. The van der Waals surface area contributed by atoms with Crippen LogP contribution in [0.4, 0.5) is 0 Å². The van der Waals surface area contributed by atoms with E-state index in [1.54, 1.807) is 18.2 Å². The van der Waals surface area contributed by atoms with Crippen molar-refractivity contribution in [3.8, 4) is 62.1 Å². The van der Waals surface area contributed by atoms with Crippen molar-refractivity contribution in [3.05, 3.63) is 194 Å². The first-order chi connectivity index (χ1) is 31.9. The van der Waals surface area contributed by atoms with Crippen LogP contribution in [0, 0.1) is 0 Å². The van der Waals surface area contributed by atoms with Gasteiger partial charge in [-0.25, -0.2) is 15.0 Å². The van der Waals surface area contributed by atoms with E-state index in [1.165, 1.54) is 6.07 Å². The lowest BCUT2D eigenvalue weighted by Gasteiger charge is -2.10. The summed E-state index contributed by atoms with van der Waals surface area (Å²) in [5.41, 5.74) is 5.63. The van der Waals surface area contributed by atoms with Crippen LogP contribution in [0.15, 0.2) is 198 Å². The summed E-state index contributed by atoms with van der Waals surface area (Å²) in [6.07, 6.45) is 0. The summed E-state index contributed by atoms with van der Waals surface area (Å²) in [4.78, 5) is 15.2. The third-order valence-corrected chi connectivity index (χ3v) is 10.0. The van der Waals surface area contributed by atoms with E-state index in [4.69, 9.17) is 33.1 Å². The number of hydrogen-bond donors (Lipinski definition) is 0. The van der Waals surface area contributed by atoms with Crippen LogP contribution in [0.1, 0.15) is 13.7 Å². The molecule has 5 nitrogen and oxygen atoms in total. The minimum absolute atomic E-state index is 0.0839. The first-order valence-corrected chi connectivity index (χ1v) is 18.0. The SMILES string of the molecule is [2H]c1c([2H])c([2H])c(-c2cc(-c3c([2H])c([2H])c([2H])c([2H])c3[2H])c3oc4cc(-c5nc(-c6ccccc6)nc(-c6cccc7c6c6ccccc6n7-c6ccccc6)n5)ccc4c3c2)c([2H])c1[2H]. The maximum atomic E-state index is 8.91. The highest BCUT2D eigenvalue weighted by Crippen LogP contribution is 2.42. The molecule has 0 atom stereocenters. The van der Waals surface area contributed by atoms with E-state index in [9.17, 15) is 0 Å². The lowest BCUT2D eigenvalue weighted by Crippen LogP contribution is -2.00. The highest BCUT2D eigenvalue weighted by molar-refractivity contribution is 6.15. The Hall–Kier alpha value is -7.63. The second kappa shape index (κ2) is 13.0. The van der Waals surface area contributed by atoms with E-state index in [1.807, 2.05) is 78.9 Å². The van der Waals surface area contributed by atoms with Crippen LogP contribution < -0.4 is 0 Å². The predicted octanol–water partition coefficient (Wildman–Crippen LogP) is 13.2. The van der Waals surface area contributed by atoms with E-state index in [0.29, 0.717) is 39.4 Å². The van der Waals surface area contributed by atoms with Gasteiger partial charge in [-0.15, -0.1) is 0 Å². The molecule has 0 spiro atoms. The van der Waals surface area contributed by atoms with Crippen molar-refractivity contribution in [1.29, 1.82) is 0 Å². The molecule has 5 heteroatoms. The second-order valence-electron chi connectivity index (χ2n) is 13.3. The Morgan fingerprint density at radius 1 is 0.429 bits per heavy atom. The van der Waals surface area contributed by atoms with Gasteiger partial charge in [0.2, 0.25) is 0 Å². The Kier molecular flexibility index (Phi) is 5.41. The fraction of sp³-hybridized carbons (Fsp3) is 0. The average molecular weight is 727 g/mol. The maximum Gasteiger partial charge on any atom is 0.164 e. The molecule has 0 bridgehead atoms. The molecule has 0 fully saturated rings. The number of fused-ring (bicyclic) bond motifs is 6. The molecule has 56 heavy (non-hydrogen) atoms. The first-order valence-electron chi connectivity index (χ1n) is 23.0. The quantitative estimate of drug-likeness (QED) is 0.171. The Balaban J connectivity index is 1.16. The van der Waals surface area contributed by atoms with Gasteiger partial charge in [0, 0.05) is 49.5 Å². The molecule has 0 saturated heterocycles. The number of benzene rings is 8. The minimum atomic E-state index is -0.578. The number of hydrogen-bond acceptors (Lipinski definition) is 4. The zero-order valence-electron chi connectivity index (χ0n) is 39.4. The normalized spacial score (nSPS) is 14.1. The number of furan rings is 1. The zero-order chi connectivity index (χ0) is 45.7. The van der Waals surface area contributed by atoms with Gasteiger partial charge in [0.25, 0.3) is 0 Å². The van der Waals surface area contributed by atoms with Crippen LogP contribution in [0.2, 0.25) is 0 Å². The number of para-hydroxylation sites is 2. The van der Waals surface area contributed by atoms with Gasteiger partial charge in [-0.3, -0.25) is 0 Å². The van der Waals surface area contributed by atoms with Crippen LogP contribution >= 0.6 is 0 Å². The first kappa shape index (κ1) is 23.2. The smallest absolute Gasteiger partial charge is 0.164 e. The van der Waals surface area contributed by atoms with Crippen LogP contribution in [-0.2, 0) is 0 Å². The summed E-state index contributed by atoms with van der Waals surface area (Å²) < 4.78 is 94.5. The molecule has 8 aromatic carbocycles. The van der Waals surface area contributed by atoms with Gasteiger partial charge in [-0.2, -0.15) is 0 Å².